The summed E-state index contributed by atoms with van der Waals surface area (Å²) in [6, 6.07) is 7.01. The molecule has 1 aliphatic rings. The number of anilines is 1. The summed E-state index contributed by atoms with van der Waals surface area (Å²) in [6.07, 6.45) is 0. The van der Waals surface area contributed by atoms with Crippen LogP contribution in [0.3, 0.4) is 0 Å². The molecule has 2 aromatic rings. The Labute approximate surface area is 166 Å². The Morgan fingerprint density at radius 2 is 2.04 bits per heavy atom. The highest BCUT2D eigenvalue weighted by molar-refractivity contribution is 9.10. The summed E-state index contributed by atoms with van der Waals surface area (Å²) in [6.45, 7) is 7.15. The van der Waals surface area contributed by atoms with Crippen molar-refractivity contribution < 1.29 is 9.63 Å². The summed E-state index contributed by atoms with van der Waals surface area (Å²) < 4.78 is 0.725. The summed E-state index contributed by atoms with van der Waals surface area (Å²) in [4.78, 5) is 29.5. The predicted octanol–water partition coefficient (Wildman–Crippen LogP) is 3.79. The molecule has 0 unspecified atom stereocenters. The molecule has 1 saturated heterocycles. The van der Waals surface area contributed by atoms with E-state index in [0.717, 1.165) is 10.2 Å². The molecule has 2 heterocycles. The maximum absolute atomic E-state index is 13.0. The van der Waals surface area contributed by atoms with Gasteiger partial charge in [-0.25, -0.2) is 15.0 Å². The number of carbonyl (C=O) groups excluding carboxylic acids is 1. The highest BCUT2D eigenvalue weighted by Crippen LogP contribution is 2.24. The van der Waals surface area contributed by atoms with E-state index in [9.17, 15) is 4.79 Å². The zero-order chi connectivity index (χ0) is 18.8. The van der Waals surface area contributed by atoms with Crippen molar-refractivity contribution >= 4 is 39.3 Å². The van der Waals surface area contributed by atoms with Crippen molar-refractivity contribution in [3.8, 4) is 0 Å². The maximum atomic E-state index is 13.0. The Kier molecular flexibility index (Phi) is 5.79. The Hall–Kier alpha value is -1.70. The molecule has 1 atom stereocenters. The predicted molar refractivity (Wildman–Crippen MR) is 104 cm³/mol. The van der Waals surface area contributed by atoms with Gasteiger partial charge in [-0.2, -0.15) is 0 Å². The quantitative estimate of drug-likeness (QED) is 0.712. The van der Waals surface area contributed by atoms with Crippen molar-refractivity contribution in [1.29, 1.82) is 0 Å². The van der Waals surface area contributed by atoms with Crippen LogP contribution in [0.2, 0.25) is 5.02 Å². The lowest BCUT2D eigenvalue weighted by molar-refractivity contribution is 0.0599. The van der Waals surface area contributed by atoms with E-state index in [-0.39, 0.29) is 11.9 Å². The van der Waals surface area contributed by atoms with E-state index in [0.29, 0.717) is 41.9 Å². The van der Waals surface area contributed by atoms with Gasteiger partial charge in [0.2, 0.25) is 0 Å². The maximum Gasteiger partial charge on any atom is 0.255 e. The second kappa shape index (κ2) is 7.90. The average Bonchev–Trinajstić information content (AvgIpc) is 2.77. The number of benzene rings is 1. The summed E-state index contributed by atoms with van der Waals surface area (Å²) in [5.74, 6) is 1.32. The Morgan fingerprint density at radius 1 is 1.27 bits per heavy atom. The lowest BCUT2D eigenvalue weighted by Crippen LogP contribution is -2.41. The van der Waals surface area contributed by atoms with Crippen LogP contribution in [-0.2, 0) is 4.84 Å². The molecule has 1 aromatic heterocycles. The fraction of sp³-hybridized carbons (Fsp3) is 0.389. The van der Waals surface area contributed by atoms with Crippen LogP contribution in [-0.4, -0.2) is 46.5 Å². The number of halogens is 2. The Morgan fingerprint density at radius 3 is 2.77 bits per heavy atom. The molecule has 8 heteroatoms. The summed E-state index contributed by atoms with van der Waals surface area (Å²) in [5.41, 5.74) is 1.43. The molecule has 0 radical (unpaired) electrons. The molecular weight excluding hydrogens is 420 g/mol. The van der Waals surface area contributed by atoms with E-state index < -0.39 is 0 Å². The van der Waals surface area contributed by atoms with Crippen LogP contribution in [0, 0.1) is 13.8 Å². The van der Waals surface area contributed by atoms with Crippen LogP contribution >= 0.6 is 27.5 Å². The fourth-order valence-electron chi connectivity index (χ4n) is 2.89. The van der Waals surface area contributed by atoms with Gasteiger partial charge < -0.3 is 4.90 Å². The first-order valence-electron chi connectivity index (χ1n) is 8.34. The van der Waals surface area contributed by atoms with Crippen LogP contribution in [0.5, 0.6) is 0 Å². The van der Waals surface area contributed by atoms with Gasteiger partial charge in [0.15, 0.2) is 5.82 Å². The Balaban J connectivity index is 1.81. The largest absolute Gasteiger partial charge is 0.332 e. The zero-order valence-electron chi connectivity index (χ0n) is 14.9. The highest BCUT2D eigenvalue weighted by atomic mass is 79.9. The van der Waals surface area contributed by atoms with Gasteiger partial charge in [-0.3, -0.25) is 9.63 Å². The Bertz CT molecular complexity index is 813. The first-order chi connectivity index (χ1) is 12.3. The monoisotopic (exact) mass is 438 g/mol. The van der Waals surface area contributed by atoms with E-state index in [1.165, 1.54) is 0 Å². The molecule has 1 aromatic carbocycles. The minimum absolute atomic E-state index is 0.0765. The van der Waals surface area contributed by atoms with Gasteiger partial charge in [-0.15, -0.1) is 0 Å². The third-order valence-corrected chi connectivity index (χ3v) is 5.10. The third kappa shape index (κ3) is 4.16. The molecule has 0 bridgehead atoms. The van der Waals surface area contributed by atoms with Crippen molar-refractivity contribution in [2.45, 2.75) is 26.8 Å². The number of hydroxylamine groups is 1. The van der Waals surface area contributed by atoms with Crippen molar-refractivity contribution in [2.24, 2.45) is 0 Å². The van der Waals surface area contributed by atoms with Crippen LogP contribution in [0.1, 0.15) is 28.8 Å². The minimum Gasteiger partial charge on any atom is -0.332 e. The standard InChI is InChI=1S/C18H20BrClN4O2/c1-11-8-17(22-13(3)21-11)24-7-6-23(12(2)10-26-24)18(25)15-9-14(20)4-5-16(15)19/h4-5,8-9,12H,6-7,10H2,1-3H3/t12-/m1/s1. The zero-order valence-corrected chi connectivity index (χ0v) is 17.2. The number of hydrogen-bond donors (Lipinski definition) is 0. The number of hydrogen-bond acceptors (Lipinski definition) is 5. The number of aryl methyl sites for hydroxylation is 2. The smallest absolute Gasteiger partial charge is 0.255 e. The molecule has 138 valence electrons. The molecule has 6 nitrogen and oxygen atoms in total. The van der Waals surface area contributed by atoms with Gasteiger partial charge >= 0.3 is 0 Å². The first-order valence-corrected chi connectivity index (χ1v) is 9.51. The molecule has 1 fully saturated rings. The second-order valence-electron chi connectivity index (χ2n) is 6.28. The highest BCUT2D eigenvalue weighted by Gasteiger charge is 2.28. The molecule has 0 spiro atoms. The average molecular weight is 440 g/mol. The van der Waals surface area contributed by atoms with Crippen molar-refractivity contribution in [1.82, 2.24) is 14.9 Å². The molecular formula is C18H20BrClN4O2. The molecule has 26 heavy (non-hydrogen) atoms. The molecule has 0 saturated carbocycles. The topological polar surface area (TPSA) is 58.6 Å². The fourth-order valence-corrected chi connectivity index (χ4v) is 3.48. The minimum atomic E-state index is -0.0811. The van der Waals surface area contributed by atoms with Gasteiger partial charge in [0.25, 0.3) is 5.91 Å². The lowest BCUT2D eigenvalue weighted by Gasteiger charge is -2.26. The van der Waals surface area contributed by atoms with Gasteiger partial charge in [-0.05, 0) is 54.9 Å². The molecule has 1 amide bonds. The lowest BCUT2D eigenvalue weighted by atomic mass is 10.1. The van der Waals surface area contributed by atoms with Crippen LogP contribution < -0.4 is 5.06 Å². The van der Waals surface area contributed by atoms with Gasteiger partial charge in [0, 0.05) is 27.8 Å². The number of carbonyl (C=O) groups is 1. The van der Waals surface area contributed by atoms with Crippen molar-refractivity contribution in [3.05, 3.63) is 50.8 Å². The summed E-state index contributed by atoms with van der Waals surface area (Å²) in [5, 5.41) is 2.27. The van der Waals surface area contributed by atoms with E-state index in [2.05, 4.69) is 25.9 Å². The van der Waals surface area contributed by atoms with E-state index >= 15 is 0 Å². The number of amides is 1. The van der Waals surface area contributed by atoms with Crippen molar-refractivity contribution in [2.75, 3.05) is 24.8 Å². The van der Waals surface area contributed by atoms with Gasteiger partial charge in [0.1, 0.15) is 5.82 Å². The summed E-state index contributed by atoms with van der Waals surface area (Å²) in [7, 11) is 0. The molecule has 3 rings (SSSR count). The third-order valence-electron chi connectivity index (χ3n) is 4.18. The SMILES string of the molecule is Cc1cc(N2CCN(C(=O)c3cc(Cl)ccc3Br)[C@H](C)CO2)nc(C)n1. The first kappa shape index (κ1) is 19.1. The van der Waals surface area contributed by atoms with E-state index in [1.807, 2.05) is 26.8 Å². The van der Waals surface area contributed by atoms with Gasteiger partial charge in [-0.1, -0.05) is 11.6 Å². The molecule has 0 N–H and O–H groups in total. The van der Waals surface area contributed by atoms with E-state index in [1.54, 1.807) is 28.2 Å². The number of aromatic nitrogens is 2. The number of rotatable bonds is 2. The molecule has 0 aliphatic carbocycles. The molecule has 1 aliphatic heterocycles. The van der Waals surface area contributed by atoms with Crippen LogP contribution in [0.25, 0.3) is 0 Å². The second-order valence-corrected chi connectivity index (χ2v) is 7.58. The van der Waals surface area contributed by atoms with Gasteiger partial charge in [0.05, 0.1) is 24.8 Å². The van der Waals surface area contributed by atoms with Crippen LogP contribution in [0.15, 0.2) is 28.7 Å². The van der Waals surface area contributed by atoms with E-state index in [4.69, 9.17) is 16.4 Å². The normalized spacial score (nSPS) is 18.0. The number of nitrogens with zero attached hydrogens (tertiary/aromatic N) is 4. The summed E-state index contributed by atoms with van der Waals surface area (Å²) >= 11 is 9.50. The van der Waals surface area contributed by atoms with Crippen LogP contribution in [0.4, 0.5) is 5.82 Å². The van der Waals surface area contributed by atoms with Crippen molar-refractivity contribution in [3.63, 3.8) is 0 Å².